The molecule has 2 aliphatic rings. The Balaban J connectivity index is 1.55. The van der Waals surface area contributed by atoms with Gasteiger partial charge in [0.2, 0.25) is 0 Å². The Morgan fingerprint density at radius 3 is 2.62 bits per heavy atom. The van der Waals surface area contributed by atoms with Gasteiger partial charge in [0.05, 0.1) is 0 Å². The van der Waals surface area contributed by atoms with Gasteiger partial charge >= 0.3 is 0 Å². The molecule has 21 heavy (non-hydrogen) atoms. The van der Waals surface area contributed by atoms with Crippen LogP contribution >= 0.6 is 0 Å². The lowest BCUT2D eigenvalue weighted by Gasteiger charge is -2.29. The SMILES string of the molecule is CCNC(CN1CCC(c2ccccc2)C1)C1CCCC1. The highest BCUT2D eigenvalue weighted by molar-refractivity contribution is 5.21. The molecule has 1 aliphatic heterocycles. The lowest BCUT2D eigenvalue weighted by Crippen LogP contribution is -2.44. The van der Waals surface area contributed by atoms with Gasteiger partial charge in [-0.25, -0.2) is 0 Å². The minimum atomic E-state index is 0.715. The summed E-state index contributed by atoms with van der Waals surface area (Å²) < 4.78 is 0. The van der Waals surface area contributed by atoms with Gasteiger partial charge in [-0.3, -0.25) is 0 Å². The Morgan fingerprint density at radius 2 is 1.90 bits per heavy atom. The average Bonchev–Trinajstić information content (AvgIpc) is 3.19. The first-order valence-corrected chi connectivity index (χ1v) is 8.87. The number of likely N-dealkylation sites (tertiary alicyclic amines) is 1. The molecule has 2 nitrogen and oxygen atoms in total. The topological polar surface area (TPSA) is 15.3 Å². The van der Waals surface area contributed by atoms with Crippen LogP contribution in [0.15, 0.2) is 30.3 Å². The molecule has 2 unspecified atom stereocenters. The largest absolute Gasteiger partial charge is 0.313 e. The lowest BCUT2D eigenvalue weighted by molar-refractivity contribution is 0.241. The molecule has 3 rings (SSSR count). The Kier molecular flexibility index (Phi) is 5.32. The molecule has 2 heteroatoms. The summed E-state index contributed by atoms with van der Waals surface area (Å²) in [5.74, 6) is 1.66. The van der Waals surface area contributed by atoms with Gasteiger partial charge in [-0.05, 0) is 49.8 Å². The number of benzene rings is 1. The fourth-order valence-corrected chi connectivity index (χ4v) is 4.28. The molecule has 1 aliphatic carbocycles. The van der Waals surface area contributed by atoms with Gasteiger partial charge in [0.1, 0.15) is 0 Å². The zero-order valence-electron chi connectivity index (χ0n) is 13.4. The lowest BCUT2D eigenvalue weighted by atomic mass is 9.97. The van der Waals surface area contributed by atoms with Gasteiger partial charge < -0.3 is 10.2 Å². The van der Waals surface area contributed by atoms with Crippen molar-refractivity contribution < 1.29 is 0 Å². The van der Waals surface area contributed by atoms with Crippen molar-refractivity contribution >= 4 is 0 Å². The standard InChI is InChI=1S/C19H30N2/c1-2-20-19(17-10-6-7-11-17)15-21-13-12-18(14-21)16-8-4-3-5-9-16/h3-5,8-9,17-20H,2,6-7,10-15H2,1H3. The smallest absolute Gasteiger partial charge is 0.0223 e. The Labute approximate surface area is 129 Å². The van der Waals surface area contributed by atoms with Gasteiger partial charge in [-0.2, -0.15) is 0 Å². The molecular formula is C19H30N2. The molecule has 116 valence electrons. The summed E-state index contributed by atoms with van der Waals surface area (Å²) in [5.41, 5.74) is 1.53. The number of hydrogen-bond acceptors (Lipinski definition) is 2. The van der Waals surface area contributed by atoms with E-state index in [2.05, 4.69) is 47.5 Å². The molecule has 0 bridgehead atoms. The monoisotopic (exact) mass is 286 g/mol. The first-order valence-electron chi connectivity index (χ1n) is 8.87. The quantitative estimate of drug-likeness (QED) is 0.859. The highest BCUT2D eigenvalue weighted by atomic mass is 15.2. The van der Waals surface area contributed by atoms with E-state index >= 15 is 0 Å². The van der Waals surface area contributed by atoms with Crippen molar-refractivity contribution in [2.24, 2.45) is 5.92 Å². The summed E-state index contributed by atoms with van der Waals surface area (Å²) in [6.07, 6.45) is 7.09. The molecule has 2 atom stereocenters. The van der Waals surface area contributed by atoms with E-state index in [0.29, 0.717) is 6.04 Å². The summed E-state index contributed by atoms with van der Waals surface area (Å²) in [6.45, 7) is 7.13. The molecule has 1 saturated heterocycles. The van der Waals surface area contributed by atoms with Crippen LogP contribution in [-0.2, 0) is 0 Å². The summed E-state index contributed by atoms with van der Waals surface area (Å²) in [7, 11) is 0. The number of nitrogens with one attached hydrogen (secondary N) is 1. The van der Waals surface area contributed by atoms with E-state index in [1.54, 1.807) is 0 Å². The predicted octanol–water partition coefficient (Wildman–Crippen LogP) is 3.64. The predicted molar refractivity (Wildman–Crippen MR) is 89.7 cm³/mol. The first kappa shape index (κ1) is 15.1. The van der Waals surface area contributed by atoms with Crippen LogP contribution in [0.5, 0.6) is 0 Å². The van der Waals surface area contributed by atoms with Gasteiger partial charge in [0.25, 0.3) is 0 Å². The van der Waals surface area contributed by atoms with E-state index in [1.807, 2.05) is 0 Å². The second-order valence-corrected chi connectivity index (χ2v) is 6.86. The Hall–Kier alpha value is -0.860. The van der Waals surface area contributed by atoms with Crippen molar-refractivity contribution in [2.45, 2.75) is 51.0 Å². The van der Waals surface area contributed by atoms with Crippen LogP contribution in [0.1, 0.15) is 50.5 Å². The Bertz CT molecular complexity index is 411. The molecule has 1 saturated carbocycles. The number of hydrogen-bond donors (Lipinski definition) is 1. The van der Waals surface area contributed by atoms with Crippen LogP contribution in [0.2, 0.25) is 0 Å². The molecule has 1 aromatic rings. The highest BCUT2D eigenvalue weighted by Crippen LogP contribution is 2.31. The zero-order valence-corrected chi connectivity index (χ0v) is 13.4. The van der Waals surface area contributed by atoms with Crippen LogP contribution in [0.3, 0.4) is 0 Å². The normalized spacial score (nSPS) is 25.5. The molecule has 0 radical (unpaired) electrons. The van der Waals surface area contributed by atoms with Crippen molar-refractivity contribution in [3.05, 3.63) is 35.9 Å². The van der Waals surface area contributed by atoms with Crippen molar-refractivity contribution in [1.82, 2.24) is 10.2 Å². The van der Waals surface area contributed by atoms with E-state index in [-0.39, 0.29) is 0 Å². The fourth-order valence-electron chi connectivity index (χ4n) is 4.28. The van der Waals surface area contributed by atoms with E-state index in [1.165, 1.54) is 57.3 Å². The Morgan fingerprint density at radius 1 is 1.14 bits per heavy atom. The van der Waals surface area contributed by atoms with Crippen LogP contribution in [0.25, 0.3) is 0 Å². The molecule has 1 N–H and O–H groups in total. The minimum absolute atomic E-state index is 0.715. The van der Waals surface area contributed by atoms with Gasteiger partial charge in [-0.1, -0.05) is 50.1 Å². The third-order valence-electron chi connectivity index (χ3n) is 5.43. The average molecular weight is 286 g/mol. The summed E-state index contributed by atoms with van der Waals surface area (Å²) in [6, 6.07) is 11.8. The highest BCUT2D eigenvalue weighted by Gasteiger charge is 2.29. The molecule has 2 fully saturated rings. The summed E-state index contributed by atoms with van der Waals surface area (Å²) in [5, 5.41) is 3.76. The van der Waals surface area contributed by atoms with Crippen molar-refractivity contribution in [2.75, 3.05) is 26.2 Å². The van der Waals surface area contributed by atoms with Gasteiger partial charge in [-0.15, -0.1) is 0 Å². The maximum atomic E-state index is 3.76. The minimum Gasteiger partial charge on any atom is -0.313 e. The van der Waals surface area contributed by atoms with E-state index < -0.39 is 0 Å². The fraction of sp³-hybridized carbons (Fsp3) is 0.684. The second kappa shape index (κ2) is 7.42. The van der Waals surface area contributed by atoms with Crippen molar-refractivity contribution in [3.8, 4) is 0 Å². The second-order valence-electron chi connectivity index (χ2n) is 6.86. The number of rotatable bonds is 6. The molecule has 0 amide bonds. The van der Waals surface area contributed by atoms with Crippen LogP contribution in [0, 0.1) is 5.92 Å². The van der Waals surface area contributed by atoms with E-state index in [0.717, 1.165) is 18.4 Å². The molecule has 0 aromatic heterocycles. The van der Waals surface area contributed by atoms with E-state index in [4.69, 9.17) is 0 Å². The molecular weight excluding hydrogens is 256 g/mol. The molecule has 1 heterocycles. The first-order chi connectivity index (χ1) is 10.4. The summed E-state index contributed by atoms with van der Waals surface area (Å²) in [4.78, 5) is 2.70. The van der Waals surface area contributed by atoms with Crippen molar-refractivity contribution in [3.63, 3.8) is 0 Å². The van der Waals surface area contributed by atoms with Crippen LogP contribution in [-0.4, -0.2) is 37.1 Å². The maximum absolute atomic E-state index is 3.76. The van der Waals surface area contributed by atoms with Gasteiger partial charge in [0.15, 0.2) is 0 Å². The molecule has 1 aromatic carbocycles. The van der Waals surface area contributed by atoms with Crippen molar-refractivity contribution in [1.29, 1.82) is 0 Å². The number of likely N-dealkylation sites (N-methyl/N-ethyl adjacent to an activating group) is 1. The molecule has 0 spiro atoms. The van der Waals surface area contributed by atoms with Crippen LogP contribution < -0.4 is 5.32 Å². The van der Waals surface area contributed by atoms with Gasteiger partial charge in [0, 0.05) is 19.1 Å². The maximum Gasteiger partial charge on any atom is 0.0223 e. The van der Waals surface area contributed by atoms with Crippen LogP contribution in [0.4, 0.5) is 0 Å². The summed E-state index contributed by atoms with van der Waals surface area (Å²) >= 11 is 0. The van der Waals surface area contributed by atoms with E-state index in [9.17, 15) is 0 Å². The zero-order chi connectivity index (χ0) is 14.5. The third-order valence-corrected chi connectivity index (χ3v) is 5.43. The number of nitrogens with zero attached hydrogens (tertiary/aromatic N) is 1. The third kappa shape index (κ3) is 3.87.